The van der Waals surface area contributed by atoms with Crippen LogP contribution >= 0.6 is 24.0 Å². The number of para-hydroxylation sites is 1. The SMILES string of the molecule is CCCN1C(=O)/C(=C2\C(=O)N(CC(=O)Nc3ccc(C)cc3)c3ccccc32)SC1=S. The van der Waals surface area contributed by atoms with Gasteiger partial charge in [-0.1, -0.05) is 66.8 Å². The summed E-state index contributed by atoms with van der Waals surface area (Å²) in [7, 11) is 0. The number of benzene rings is 2. The maximum Gasteiger partial charge on any atom is 0.267 e. The van der Waals surface area contributed by atoms with Gasteiger partial charge in [-0.3, -0.25) is 24.2 Å². The number of thioether (sulfide) groups is 1. The van der Waals surface area contributed by atoms with E-state index >= 15 is 0 Å². The average molecular weight is 452 g/mol. The molecule has 0 spiro atoms. The van der Waals surface area contributed by atoms with Crippen molar-refractivity contribution in [1.82, 2.24) is 4.90 Å². The van der Waals surface area contributed by atoms with Crippen molar-refractivity contribution in [2.75, 3.05) is 23.3 Å². The molecule has 2 aromatic carbocycles. The molecule has 0 atom stereocenters. The molecule has 158 valence electrons. The van der Waals surface area contributed by atoms with E-state index in [9.17, 15) is 14.4 Å². The Morgan fingerprint density at radius 1 is 1.03 bits per heavy atom. The van der Waals surface area contributed by atoms with Crippen LogP contribution in [0.2, 0.25) is 0 Å². The van der Waals surface area contributed by atoms with Crippen LogP contribution < -0.4 is 10.2 Å². The fourth-order valence-corrected chi connectivity index (χ4v) is 4.98. The molecule has 2 aliphatic rings. The van der Waals surface area contributed by atoms with Crippen molar-refractivity contribution < 1.29 is 14.4 Å². The molecule has 1 fully saturated rings. The topological polar surface area (TPSA) is 69.7 Å². The van der Waals surface area contributed by atoms with Crippen LogP contribution in [-0.2, 0) is 14.4 Å². The number of hydrogen-bond donors (Lipinski definition) is 1. The molecule has 2 aliphatic heterocycles. The van der Waals surface area contributed by atoms with Crippen molar-refractivity contribution in [2.24, 2.45) is 0 Å². The molecule has 8 heteroatoms. The van der Waals surface area contributed by atoms with E-state index in [1.807, 2.05) is 50.2 Å². The van der Waals surface area contributed by atoms with Gasteiger partial charge in [0.05, 0.1) is 16.2 Å². The molecule has 0 saturated carbocycles. The molecule has 1 saturated heterocycles. The zero-order valence-electron chi connectivity index (χ0n) is 17.2. The lowest BCUT2D eigenvalue weighted by molar-refractivity contribution is -0.122. The number of thiocarbonyl (C=S) groups is 1. The van der Waals surface area contributed by atoms with Crippen LogP contribution in [0.5, 0.6) is 0 Å². The van der Waals surface area contributed by atoms with E-state index in [0.29, 0.717) is 38.3 Å². The number of carbonyl (C=O) groups is 3. The highest BCUT2D eigenvalue weighted by atomic mass is 32.2. The third-order valence-electron chi connectivity index (χ3n) is 5.08. The van der Waals surface area contributed by atoms with Gasteiger partial charge in [-0.15, -0.1) is 0 Å². The van der Waals surface area contributed by atoms with Gasteiger partial charge in [-0.05, 0) is 31.5 Å². The minimum absolute atomic E-state index is 0.150. The van der Waals surface area contributed by atoms with E-state index in [1.54, 1.807) is 12.1 Å². The third kappa shape index (κ3) is 4.00. The first kappa shape index (κ1) is 21.3. The molecular formula is C23H21N3O3S2. The normalized spacial score (nSPS) is 18.1. The summed E-state index contributed by atoms with van der Waals surface area (Å²) in [5.41, 5.74) is 3.33. The predicted octanol–water partition coefficient (Wildman–Crippen LogP) is 3.96. The van der Waals surface area contributed by atoms with Crippen LogP contribution in [0.15, 0.2) is 53.4 Å². The molecule has 2 aromatic rings. The van der Waals surface area contributed by atoms with Crippen molar-refractivity contribution in [3.63, 3.8) is 0 Å². The Hall–Kier alpha value is -2.97. The van der Waals surface area contributed by atoms with Crippen molar-refractivity contribution in [3.8, 4) is 0 Å². The molecule has 4 rings (SSSR count). The molecule has 6 nitrogen and oxygen atoms in total. The molecule has 3 amide bonds. The van der Waals surface area contributed by atoms with Crippen molar-refractivity contribution >= 4 is 63.0 Å². The Kier molecular flexibility index (Phi) is 5.93. The van der Waals surface area contributed by atoms with E-state index in [4.69, 9.17) is 12.2 Å². The smallest absolute Gasteiger partial charge is 0.267 e. The van der Waals surface area contributed by atoms with Crippen LogP contribution in [0.25, 0.3) is 5.57 Å². The zero-order chi connectivity index (χ0) is 22.1. The van der Waals surface area contributed by atoms with Crippen LogP contribution in [0, 0.1) is 6.92 Å². The lowest BCUT2D eigenvalue weighted by Crippen LogP contribution is -2.35. The molecule has 1 N–H and O–H groups in total. The number of hydrogen-bond acceptors (Lipinski definition) is 5. The molecular weight excluding hydrogens is 430 g/mol. The predicted molar refractivity (Wildman–Crippen MR) is 128 cm³/mol. The first-order chi connectivity index (χ1) is 14.9. The minimum atomic E-state index is -0.364. The number of anilines is 2. The molecule has 0 aliphatic carbocycles. The number of nitrogens with zero attached hydrogens (tertiary/aromatic N) is 2. The van der Waals surface area contributed by atoms with Gasteiger partial charge in [0.25, 0.3) is 11.8 Å². The largest absolute Gasteiger partial charge is 0.325 e. The standard InChI is InChI=1S/C23H21N3O3S2/c1-3-12-25-22(29)20(31-23(25)30)19-16-6-4-5-7-17(16)26(21(19)28)13-18(27)24-15-10-8-14(2)9-11-15/h4-11H,3,12-13H2,1-2H3,(H,24,27)/b20-19+. The van der Waals surface area contributed by atoms with E-state index in [1.165, 1.54) is 9.80 Å². The van der Waals surface area contributed by atoms with Crippen molar-refractivity contribution in [1.29, 1.82) is 0 Å². The molecule has 0 radical (unpaired) electrons. The second-order valence-electron chi connectivity index (χ2n) is 7.35. The second kappa shape index (κ2) is 8.64. The Morgan fingerprint density at radius 2 is 1.74 bits per heavy atom. The minimum Gasteiger partial charge on any atom is -0.325 e. The van der Waals surface area contributed by atoms with Crippen LogP contribution in [-0.4, -0.2) is 40.0 Å². The van der Waals surface area contributed by atoms with E-state index in [2.05, 4.69) is 5.32 Å². The highest BCUT2D eigenvalue weighted by Gasteiger charge is 2.42. The lowest BCUT2D eigenvalue weighted by Gasteiger charge is -2.17. The number of fused-ring (bicyclic) bond motifs is 1. The summed E-state index contributed by atoms with van der Waals surface area (Å²) in [6.07, 6.45) is 0.769. The Morgan fingerprint density at radius 3 is 2.45 bits per heavy atom. The van der Waals surface area contributed by atoms with Crippen molar-refractivity contribution in [2.45, 2.75) is 20.3 Å². The zero-order valence-corrected chi connectivity index (χ0v) is 18.8. The fraction of sp³-hybridized carbons (Fsp3) is 0.217. The average Bonchev–Trinajstić information content (AvgIpc) is 3.18. The number of amides is 3. The Labute approximate surface area is 190 Å². The first-order valence-electron chi connectivity index (χ1n) is 9.96. The van der Waals surface area contributed by atoms with Gasteiger partial charge in [0, 0.05) is 17.8 Å². The van der Waals surface area contributed by atoms with Gasteiger partial charge in [0.1, 0.15) is 10.9 Å². The van der Waals surface area contributed by atoms with E-state index in [-0.39, 0.29) is 24.3 Å². The van der Waals surface area contributed by atoms with Crippen LogP contribution in [0.1, 0.15) is 24.5 Å². The summed E-state index contributed by atoms with van der Waals surface area (Å²) in [6.45, 7) is 4.30. The number of carbonyl (C=O) groups excluding carboxylic acids is 3. The molecule has 0 unspecified atom stereocenters. The monoisotopic (exact) mass is 451 g/mol. The first-order valence-corrected chi connectivity index (χ1v) is 11.2. The molecule has 2 heterocycles. The quantitative estimate of drug-likeness (QED) is 0.550. The number of nitrogens with one attached hydrogen (secondary N) is 1. The van der Waals surface area contributed by atoms with Gasteiger partial charge < -0.3 is 5.32 Å². The van der Waals surface area contributed by atoms with Gasteiger partial charge in [-0.25, -0.2) is 0 Å². The molecule has 31 heavy (non-hydrogen) atoms. The van der Waals surface area contributed by atoms with E-state index < -0.39 is 0 Å². The van der Waals surface area contributed by atoms with Crippen LogP contribution in [0.4, 0.5) is 11.4 Å². The fourth-order valence-electron chi connectivity index (χ4n) is 3.60. The summed E-state index contributed by atoms with van der Waals surface area (Å²) < 4.78 is 0.454. The Balaban J connectivity index is 1.64. The highest BCUT2D eigenvalue weighted by molar-refractivity contribution is 8.26. The van der Waals surface area contributed by atoms with Gasteiger partial charge >= 0.3 is 0 Å². The summed E-state index contributed by atoms with van der Waals surface area (Å²) in [4.78, 5) is 42.3. The summed E-state index contributed by atoms with van der Waals surface area (Å²) in [5, 5.41) is 2.82. The second-order valence-corrected chi connectivity index (χ2v) is 9.00. The van der Waals surface area contributed by atoms with Crippen LogP contribution in [0.3, 0.4) is 0 Å². The highest BCUT2D eigenvalue weighted by Crippen LogP contribution is 2.44. The lowest BCUT2D eigenvalue weighted by atomic mass is 10.1. The maximum atomic E-state index is 13.4. The van der Waals surface area contributed by atoms with Gasteiger partial charge in [0.2, 0.25) is 5.91 Å². The van der Waals surface area contributed by atoms with Gasteiger partial charge in [-0.2, -0.15) is 0 Å². The van der Waals surface area contributed by atoms with E-state index in [0.717, 1.165) is 23.7 Å². The molecule has 0 bridgehead atoms. The number of rotatable bonds is 5. The van der Waals surface area contributed by atoms with Gasteiger partial charge in [0.15, 0.2) is 0 Å². The number of aryl methyl sites for hydroxylation is 1. The maximum absolute atomic E-state index is 13.4. The summed E-state index contributed by atoms with van der Waals surface area (Å²) in [6, 6.07) is 14.6. The Bertz CT molecular complexity index is 1130. The van der Waals surface area contributed by atoms with Crippen molar-refractivity contribution in [3.05, 3.63) is 64.6 Å². The summed E-state index contributed by atoms with van der Waals surface area (Å²) >= 11 is 6.51. The summed E-state index contributed by atoms with van der Waals surface area (Å²) in [5.74, 6) is -0.926. The third-order valence-corrected chi connectivity index (χ3v) is 6.53. The molecule has 0 aromatic heterocycles.